The topological polar surface area (TPSA) is 78.5 Å². The first-order valence-electron chi connectivity index (χ1n) is 6.48. The summed E-state index contributed by atoms with van der Waals surface area (Å²) < 4.78 is 24.1. The van der Waals surface area contributed by atoms with Crippen LogP contribution in [0.5, 0.6) is 0 Å². The van der Waals surface area contributed by atoms with E-state index < -0.39 is 10.0 Å². The molecule has 1 heterocycles. The molecule has 2 amide bonds. The van der Waals surface area contributed by atoms with E-state index in [1.165, 1.54) is 10.6 Å². The summed E-state index contributed by atoms with van der Waals surface area (Å²) in [7, 11) is -3.16. The number of nitrogens with one attached hydrogen (secondary N) is 2. The molecule has 0 radical (unpaired) electrons. The Kier molecular flexibility index (Phi) is 4.61. The smallest absolute Gasteiger partial charge is 0.315 e. The molecule has 6 nitrogen and oxygen atoms in total. The van der Waals surface area contributed by atoms with Gasteiger partial charge < -0.3 is 10.6 Å². The van der Waals surface area contributed by atoms with Gasteiger partial charge in [-0.25, -0.2) is 17.5 Å². The predicted molar refractivity (Wildman–Crippen MR) is 76.6 cm³/mol. The lowest BCUT2D eigenvalue weighted by atomic mass is 10.2. The van der Waals surface area contributed by atoms with Gasteiger partial charge >= 0.3 is 6.03 Å². The maximum Gasteiger partial charge on any atom is 0.315 e. The van der Waals surface area contributed by atoms with Crippen molar-refractivity contribution in [2.75, 3.05) is 19.3 Å². The van der Waals surface area contributed by atoms with Crippen LogP contribution in [0.15, 0.2) is 30.3 Å². The summed E-state index contributed by atoms with van der Waals surface area (Å²) in [5.74, 6) is 0. The molecule has 1 atom stereocenters. The van der Waals surface area contributed by atoms with E-state index >= 15 is 0 Å². The first-order valence-corrected chi connectivity index (χ1v) is 8.33. The molecule has 0 saturated carbocycles. The number of sulfonamides is 1. The van der Waals surface area contributed by atoms with Crippen molar-refractivity contribution >= 4 is 16.1 Å². The Hall–Kier alpha value is -1.60. The van der Waals surface area contributed by atoms with E-state index in [0.717, 1.165) is 5.56 Å². The van der Waals surface area contributed by atoms with Crippen molar-refractivity contribution in [3.8, 4) is 0 Å². The quantitative estimate of drug-likeness (QED) is 0.850. The van der Waals surface area contributed by atoms with Gasteiger partial charge in [0, 0.05) is 25.7 Å². The third kappa shape index (κ3) is 4.21. The molecule has 1 aliphatic heterocycles. The summed E-state index contributed by atoms with van der Waals surface area (Å²) in [4.78, 5) is 11.7. The standard InChI is InChI=1S/C13H19N3O3S/c1-20(18,19)16-8-7-12(10-16)15-13(17)14-9-11-5-3-2-4-6-11/h2-6,12H,7-10H2,1H3,(H2,14,15,17). The van der Waals surface area contributed by atoms with Crippen LogP contribution in [0.1, 0.15) is 12.0 Å². The highest BCUT2D eigenvalue weighted by Crippen LogP contribution is 2.12. The number of carbonyl (C=O) groups excluding carboxylic acids is 1. The molecule has 1 aromatic rings. The largest absolute Gasteiger partial charge is 0.334 e. The zero-order valence-corrected chi connectivity index (χ0v) is 12.2. The summed E-state index contributed by atoms with van der Waals surface area (Å²) in [6.07, 6.45) is 1.83. The number of nitrogens with zero attached hydrogens (tertiary/aromatic N) is 1. The first-order chi connectivity index (χ1) is 9.45. The fraction of sp³-hybridized carbons (Fsp3) is 0.462. The molecule has 1 aliphatic rings. The number of urea groups is 1. The molecule has 1 aromatic carbocycles. The van der Waals surface area contributed by atoms with Crippen molar-refractivity contribution in [2.24, 2.45) is 0 Å². The van der Waals surface area contributed by atoms with E-state index in [1.807, 2.05) is 30.3 Å². The highest BCUT2D eigenvalue weighted by atomic mass is 32.2. The van der Waals surface area contributed by atoms with Crippen molar-refractivity contribution in [3.63, 3.8) is 0 Å². The Bertz CT molecular complexity index is 559. The molecule has 2 rings (SSSR count). The van der Waals surface area contributed by atoms with Crippen LogP contribution in [-0.4, -0.2) is 44.1 Å². The summed E-state index contributed by atoms with van der Waals surface area (Å²) in [6, 6.07) is 9.21. The second-order valence-electron chi connectivity index (χ2n) is 4.92. The number of rotatable bonds is 4. The second-order valence-corrected chi connectivity index (χ2v) is 6.90. The average molecular weight is 297 g/mol. The molecular formula is C13H19N3O3S. The number of hydrogen-bond acceptors (Lipinski definition) is 3. The van der Waals surface area contributed by atoms with E-state index in [0.29, 0.717) is 26.1 Å². The number of benzene rings is 1. The van der Waals surface area contributed by atoms with Gasteiger partial charge in [-0.2, -0.15) is 0 Å². The fourth-order valence-electron chi connectivity index (χ4n) is 2.16. The van der Waals surface area contributed by atoms with E-state index in [9.17, 15) is 13.2 Å². The molecule has 7 heteroatoms. The van der Waals surface area contributed by atoms with Gasteiger partial charge in [0.25, 0.3) is 0 Å². The SMILES string of the molecule is CS(=O)(=O)N1CCC(NC(=O)NCc2ccccc2)C1. The van der Waals surface area contributed by atoms with Crippen LogP contribution < -0.4 is 10.6 Å². The molecule has 1 unspecified atom stereocenters. The highest BCUT2D eigenvalue weighted by molar-refractivity contribution is 7.88. The fourth-order valence-corrected chi connectivity index (χ4v) is 3.05. The van der Waals surface area contributed by atoms with E-state index in [-0.39, 0.29) is 12.1 Å². The molecule has 110 valence electrons. The van der Waals surface area contributed by atoms with Gasteiger partial charge in [0.15, 0.2) is 0 Å². The van der Waals surface area contributed by atoms with E-state index in [1.54, 1.807) is 0 Å². The van der Waals surface area contributed by atoms with Crippen LogP contribution in [0.25, 0.3) is 0 Å². The molecule has 0 spiro atoms. The normalized spacial score (nSPS) is 19.8. The highest BCUT2D eigenvalue weighted by Gasteiger charge is 2.29. The molecule has 2 N–H and O–H groups in total. The van der Waals surface area contributed by atoms with Gasteiger partial charge in [0.05, 0.1) is 6.26 Å². The molecule has 0 aromatic heterocycles. The number of hydrogen-bond donors (Lipinski definition) is 2. The lowest BCUT2D eigenvalue weighted by Gasteiger charge is -2.15. The van der Waals surface area contributed by atoms with Crippen LogP contribution in [0, 0.1) is 0 Å². The molecule has 1 fully saturated rings. The Morgan fingerprint density at radius 2 is 2.05 bits per heavy atom. The number of amides is 2. The molecule has 20 heavy (non-hydrogen) atoms. The Morgan fingerprint density at radius 3 is 2.65 bits per heavy atom. The van der Waals surface area contributed by atoms with Gasteiger partial charge in [-0.15, -0.1) is 0 Å². The summed E-state index contributed by atoms with van der Waals surface area (Å²) >= 11 is 0. The van der Waals surface area contributed by atoms with Gasteiger partial charge in [0.1, 0.15) is 0 Å². The molecule has 0 aliphatic carbocycles. The summed E-state index contributed by atoms with van der Waals surface area (Å²) in [5.41, 5.74) is 1.02. The first kappa shape index (κ1) is 14.8. The van der Waals surface area contributed by atoms with Crippen molar-refractivity contribution in [1.29, 1.82) is 0 Å². The van der Waals surface area contributed by atoms with Gasteiger partial charge in [-0.3, -0.25) is 0 Å². The van der Waals surface area contributed by atoms with Crippen LogP contribution >= 0.6 is 0 Å². The zero-order valence-electron chi connectivity index (χ0n) is 11.4. The third-order valence-electron chi connectivity index (χ3n) is 3.25. The lowest BCUT2D eigenvalue weighted by Crippen LogP contribution is -2.43. The van der Waals surface area contributed by atoms with Gasteiger partial charge in [0.2, 0.25) is 10.0 Å². The zero-order chi connectivity index (χ0) is 14.6. The maximum atomic E-state index is 11.7. The van der Waals surface area contributed by atoms with Crippen molar-refractivity contribution in [1.82, 2.24) is 14.9 Å². The van der Waals surface area contributed by atoms with Crippen molar-refractivity contribution < 1.29 is 13.2 Å². The van der Waals surface area contributed by atoms with Crippen LogP contribution in [0.3, 0.4) is 0 Å². The third-order valence-corrected chi connectivity index (χ3v) is 4.52. The van der Waals surface area contributed by atoms with Gasteiger partial charge in [-0.05, 0) is 12.0 Å². The minimum atomic E-state index is -3.16. The van der Waals surface area contributed by atoms with Crippen LogP contribution in [0.4, 0.5) is 4.79 Å². The number of carbonyl (C=O) groups is 1. The summed E-state index contributed by atoms with van der Waals surface area (Å²) in [6.45, 7) is 1.26. The Labute approximate surface area is 119 Å². The van der Waals surface area contributed by atoms with E-state index in [2.05, 4.69) is 10.6 Å². The lowest BCUT2D eigenvalue weighted by molar-refractivity contribution is 0.237. The average Bonchev–Trinajstić information content (AvgIpc) is 2.86. The Morgan fingerprint density at radius 1 is 1.35 bits per heavy atom. The molecule has 1 saturated heterocycles. The Balaban J connectivity index is 1.76. The minimum absolute atomic E-state index is 0.125. The predicted octanol–water partition coefficient (Wildman–Crippen LogP) is 0.520. The summed E-state index contributed by atoms with van der Waals surface area (Å²) in [5, 5.41) is 5.56. The van der Waals surface area contributed by atoms with Crippen LogP contribution in [0.2, 0.25) is 0 Å². The molecule has 0 bridgehead atoms. The monoisotopic (exact) mass is 297 g/mol. The van der Waals surface area contributed by atoms with Gasteiger partial charge in [-0.1, -0.05) is 30.3 Å². The molecular weight excluding hydrogens is 278 g/mol. The van der Waals surface area contributed by atoms with Crippen LogP contribution in [-0.2, 0) is 16.6 Å². The maximum absolute atomic E-state index is 11.7. The van der Waals surface area contributed by atoms with Crippen molar-refractivity contribution in [3.05, 3.63) is 35.9 Å². The van der Waals surface area contributed by atoms with E-state index in [4.69, 9.17) is 0 Å². The minimum Gasteiger partial charge on any atom is -0.334 e. The second kappa shape index (κ2) is 6.23. The van der Waals surface area contributed by atoms with Crippen molar-refractivity contribution in [2.45, 2.75) is 19.0 Å².